The Labute approximate surface area is 159 Å². The van der Waals surface area contributed by atoms with Gasteiger partial charge in [-0.3, -0.25) is 0 Å². The lowest BCUT2D eigenvalue weighted by molar-refractivity contribution is 0.0697. The molecule has 0 saturated carbocycles. The summed E-state index contributed by atoms with van der Waals surface area (Å²) in [6.07, 6.45) is 1.54. The zero-order chi connectivity index (χ0) is 19.2. The quantitative estimate of drug-likeness (QED) is 0.877. The number of aromatic carboxylic acids is 1. The lowest BCUT2D eigenvalue weighted by Gasteiger charge is -2.34. The number of benzene rings is 2. The van der Waals surface area contributed by atoms with E-state index >= 15 is 0 Å². The molecular weight excluding hydrogens is 344 g/mol. The van der Waals surface area contributed by atoms with Crippen molar-refractivity contribution in [1.82, 2.24) is 9.80 Å². The molecule has 0 aromatic heterocycles. The third kappa shape index (κ3) is 5.00. The van der Waals surface area contributed by atoms with Crippen molar-refractivity contribution in [3.8, 4) is 5.75 Å². The summed E-state index contributed by atoms with van der Waals surface area (Å²) in [4.78, 5) is 27.1. The second-order valence-electron chi connectivity index (χ2n) is 6.76. The second kappa shape index (κ2) is 8.58. The van der Waals surface area contributed by atoms with Crippen LogP contribution in [0.1, 0.15) is 28.8 Å². The number of likely N-dealkylation sites (tertiary alicyclic amines) is 1. The molecule has 3 rings (SSSR count). The number of ether oxygens (including phenoxy) is 1. The summed E-state index contributed by atoms with van der Waals surface area (Å²) in [5, 5.41) is 8.93. The van der Waals surface area contributed by atoms with E-state index in [0.717, 1.165) is 18.4 Å². The Bertz CT molecular complexity index is 769. The average molecular weight is 368 g/mol. The summed E-state index contributed by atoms with van der Waals surface area (Å²) >= 11 is 0. The number of hydrogen-bond donors (Lipinski definition) is 1. The second-order valence-corrected chi connectivity index (χ2v) is 6.76. The summed E-state index contributed by atoms with van der Waals surface area (Å²) < 4.78 is 5.93. The number of urea groups is 1. The predicted molar refractivity (Wildman–Crippen MR) is 102 cm³/mol. The SMILES string of the molecule is CN(Cc1ccccc1)C(=O)N1CCC(Oc2ccc(C(=O)O)cc2)CC1. The van der Waals surface area contributed by atoms with Crippen LogP contribution in [-0.4, -0.2) is 53.1 Å². The molecule has 1 fully saturated rings. The molecule has 1 aliphatic rings. The number of carbonyl (C=O) groups excluding carboxylic acids is 1. The van der Waals surface area contributed by atoms with Gasteiger partial charge in [0.2, 0.25) is 0 Å². The van der Waals surface area contributed by atoms with Gasteiger partial charge in [0.25, 0.3) is 0 Å². The van der Waals surface area contributed by atoms with Crippen molar-refractivity contribution in [1.29, 1.82) is 0 Å². The Morgan fingerprint density at radius 1 is 1.07 bits per heavy atom. The first-order valence-electron chi connectivity index (χ1n) is 9.07. The summed E-state index contributed by atoms with van der Waals surface area (Å²) in [7, 11) is 1.82. The summed E-state index contributed by atoms with van der Waals surface area (Å²) in [6.45, 7) is 1.89. The number of carboxylic acids is 1. The zero-order valence-electron chi connectivity index (χ0n) is 15.4. The molecule has 6 heteroatoms. The van der Waals surface area contributed by atoms with Gasteiger partial charge in [-0.2, -0.15) is 0 Å². The van der Waals surface area contributed by atoms with Crippen LogP contribution < -0.4 is 4.74 Å². The van der Waals surface area contributed by atoms with E-state index in [1.54, 1.807) is 17.0 Å². The Morgan fingerprint density at radius 2 is 1.70 bits per heavy atom. The smallest absolute Gasteiger partial charge is 0.335 e. The Balaban J connectivity index is 1.48. The first-order chi connectivity index (χ1) is 13.0. The monoisotopic (exact) mass is 368 g/mol. The first kappa shape index (κ1) is 18.8. The lowest BCUT2D eigenvalue weighted by Crippen LogP contribution is -2.46. The van der Waals surface area contributed by atoms with Crippen LogP contribution in [0.5, 0.6) is 5.75 Å². The van der Waals surface area contributed by atoms with E-state index in [-0.39, 0.29) is 17.7 Å². The van der Waals surface area contributed by atoms with Gasteiger partial charge in [-0.15, -0.1) is 0 Å². The first-order valence-corrected chi connectivity index (χ1v) is 9.07. The fraction of sp³-hybridized carbons (Fsp3) is 0.333. The third-order valence-electron chi connectivity index (χ3n) is 4.71. The molecule has 0 aliphatic carbocycles. The van der Waals surface area contributed by atoms with Crippen LogP contribution in [0.25, 0.3) is 0 Å². The Kier molecular flexibility index (Phi) is 5.96. The highest BCUT2D eigenvalue weighted by atomic mass is 16.5. The lowest BCUT2D eigenvalue weighted by atomic mass is 10.1. The molecule has 142 valence electrons. The molecular formula is C21H24N2O4. The van der Waals surface area contributed by atoms with Gasteiger partial charge >= 0.3 is 12.0 Å². The van der Waals surface area contributed by atoms with Crippen LogP contribution in [0, 0.1) is 0 Å². The number of nitrogens with zero attached hydrogens (tertiary/aromatic N) is 2. The Hall–Kier alpha value is -3.02. The highest BCUT2D eigenvalue weighted by molar-refractivity contribution is 5.87. The highest BCUT2D eigenvalue weighted by Crippen LogP contribution is 2.20. The number of amides is 2. The summed E-state index contributed by atoms with van der Waals surface area (Å²) in [5.41, 5.74) is 1.35. The summed E-state index contributed by atoms with van der Waals surface area (Å²) in [5.74, 6) is -0.293. The van der Waals surface area contributed by atoms with Gasteiger partial charge in [-0.05, 0) is 29.8 Å². The molecule has 0 bridgehead atoms. The molecule has 2 amide bonds. The average Bonchev–Trinajstić information content (AvgIpc) is 2.69. The number of hydrogen-bond acceptors (Lipinski definition) is 3. The normalized spacial score (nSPS) is 14.6. The molecule has 2 aromatic rings. The van der Waals surface area contributed by atoms with E-state index in [0.29, 0.717) is 25.4 Å². The van der Waals surface area contributed by atoms with Crippen molar-refractivity contribution >= 4 is 12.0 Å². The van der Waals surface area contributed by atoms with Crippen molar-refractivity contribution in [2.24, 2.45) is 0 Å². The van der Waals surface area contributed by atoms with E-state index in [4.69, 9.17) is 9.84 Å². The van der Waals surface area contributed by atoms with Gasteiger partial charge in [0.15, 0.2) is 0 Å². The van der Waals surface area contributed by atoms with E-state index < -0.39 is 5.97 Å². The van der Waals surface area contributed by atoms with Crippen molar-refractivity contribution in [3.63, 3.8) is 0 Å². The Morgan fingerprint density at radius 3 is 2.30 bits per heavy atom. The fourth-order valence-electron chi connectivity index (χ4n) is 3.20. The number of carboxylic acid groups (broad SMARTS) is 1. The molecule has 6 nitrogen and oxygen atoms in total. The highest BCUT2D eigenvalue weighted by Gasteiger charge is 2.26. The van der Waals surface area contributed by atoms with Crippen molar-refractivity contribution < 1.29 is 19.4 Å². The molecule has 1 aliphatic heterocycles. The van der Waals surface area contributed by atoms with Crippen LogP contribution in [0.15, 0.2) is 54.6 Å². The minimum Gasteiger partial charge on any atom is -0.490 e. The predicted octanol–water partition coefficient (Wildman–Crippen LogP) is 3.48. The molecule has 0 radical (unpaired) electrons. The van der Waals surface area contributed by atoms with E-state index in [1.807, 2.05) is 42.3 Å². The van der Waals surface area contributed by atoms with E-state index in [2.05, 4.69) is 0 Å². The van der Waals surface area contributed by atoms with Gasteiger partial charge in [0.1, 0.15) is 11.9 Å². The summed E-state index contributed by atoms with van der Waals surface area (Å²) in [6, 6.07) is 16.4. The van der Waals surface area contributed by atoms with Crippen LogP contribution >= 0.6 is 0 Å². The van der Waals surface area contributed by atoms with Gasteiger partial charge in [-0.25, -0.2) is 9.59 Å². The van der Waals surface area contributed by atoms with E-state index in [1.165, 1.54) is 12.1 Å². The van der Waals surface area contributed by atoms with Gasteiger partial charge in [0, 0.05) is 39.5 Å². The van der Waals surface area contributed by atoms with Gasteiger partial charge < -0.3 is 19.6 Å². The van der Waals surface area contributed by atoms with Crippen molar-refractivity contribution in [2.45, 2.75) is 25.5 Å². The zero-order valence-corrected chi connectivity index (χ0v) is 15.4. The van der Waals surface area contributed by atoms with Crippen LogP contribution in [0.4, 0.5) is 4.79 Å². The van der Waals surface area contributed by atoms with Crippen LogP contribution in [-0.2, 0) is 6.54 Å². The largest absolute Gasteiger partial charge is 0.490 e. The maximum absolute atomic E-state index is 12.6. The molecule has 27 heavy (non-hydrogen) atoms. The topological polar surface area (TPSA) is 70.1 Å². The minimum atomic E-state index is -0.951. The van der Waals surface area contributed by atoms with Crippen LogP contribution in [0.2, 0.25) is 0 Å². The molecule has 0 unspecified atom stereocenters. The maximum atomic E-state index is 12.6. The number of carbonyl (C=O) groups is 2. The molecule has 1 heterocycles. The minimum absolute atomic E-state index is 0.0307. The number of rotatable bonds is 5. The molecule has 1 saturated heterocycles. The van der Waals surface area contributed by atoms with E-state index in [9.17, 15) is 9.59 Å². The third-order valence-corrected chi connectivity index (χ3v) is 4.71. The fourth-order valence-corrected chi connectivity index (χ4v) is 3.20. The molecule has 0 spiro atoms. The van der Waals surface area contributed by atoms with Gasteiger partial charge in [0.05, 0.1) is 5.56 Å². The molecule has 2 aromatic carbocycles. The molecule has 0 atom stereocenters. The van der Waals surface area contributed by atoms with Crippen molar-refractivity contribution in [3.05, 3.63) is 65.7 Å². The standard InChI is InChI=1S/C21H24N2O4/c1-22(15-16-5-3-2-4-6-16)21(26)23-13-11-19(12-14-23)27-18-9-7-17(8-10-18)20(24)25/h2-10,19H,11-15H2,1H3,(H,24,25). The van der Waals surface area contributed by atoms with Crippen molar-refractivity contribution in [2.75, 3.05) is 20.1 Å². The maximum Gasteiger partial charge on any atom is 0.335 e. The van der Waals surface area contributed by atoms with Crippen LogP contribution in [0.3, 0.4) is 0 Å². The van der Waals surface area contributed by atoms with Gasteiger partial charge in [-0.1, -0.05) is 30.3 Å². The number of piperidine rings is 1. The molecule has 1 N–H and O–H groups in total.